The van der Waals surface area contributed by atoms with E-state index in [1.165, 1.54) is 5.56 Å². The van der Waals surface area contributed by atoms with Crippen molar-refractivity contribution in [2.75, 3.05) is 5.75 Å². The van der Waals surface area contributed by atoms with Gasteiger partial charge in [0.1, 0.15) is 11.8 Å². The molecule has 5 heteroatoms. The van der Waals surface area contributed by atoms with Gasteiger partial charge in [0, 0.05) is 18.0 Å². The maximum absolute atomic E-state index is 10.2. The van der Waals surface area contributed by atoms with Gasteiger partial charge in [0.2, 0.25) is 0 Å². The molecule has 3 heterocycles. The number of fused-ring (bicyclic) bond motifs is 1. The van der Waals surface area contributed by atoms with Crippen LogP contribution in [0.3, 0.4) is 0 Å². The second-order valence-corrected chi connectivity index (χ2v) is 7.83. The second-order valence-electron chi connectivity index (χ2n) is 6.84. The Labute approximate surface area is 153 Å². The fourth-order valence-corrected chi connectivity index (χ4v) is 5.21. The number of aryl methyl sites for hydroxylation is 2. The quantitative estimate of drug-likeness (QED) is 0.889. The molecule has 0 amide bonds. The molecular formula is C20H23N3OS. The van der Waals surface area contributed by atoms with Crippen molar-refractivity contribution in [3.63, 3.8) is 0 Å². The normalized spacial score (nSPS) is 25.2. The lowest BCUT2D eigenvalue weighted by Crippen LogP contribution is -2.35. The molecule has 0 spiro atoms. The minimum absolute atomic E-state index is 0.00129. The smallest absolute Gasteiger partial charge is 0.160 e. The first-order chi connectivity index (χ1) is 12.1. The van der Waals surface area contributed by atoms with Gasteiger partial charge < -0.3 is 10.0 Å². The van der Waals surface area contributed by atoms with Crippen molar-refractivity contribution in [3.8, 4) is 5.75 Å². The van der Waals surface area contributed by atoms with Gasteiger partial charge in [-0.3, -0.25) is 9.98 Å². The minimum Gasteiger partial charge on any atom is -0.507 e. The largest absolute Gasteiger partial charge is 0.507 e. The number of pyridine rings is 1. The Kier molecular flexibility index (Phi) is 4.20. The number of amidine groups is 1. The van der Waals surface area contributed by atoms with Gasteiger partial charge in [0.25, 0.3) is 0 Å². The van der Waals surface area contributed by atoms with E-state index in [-0.39, 0.29) is 12.1 Å². The van der Waals surface area contributed by atoms with Gasteiger partial charge in [-0.1, -0.05) is 36.9 Å². The van der Waals surface area contributed by atoms with E-state index in [9.17, 15) is 5.11 Å². The van der Waals surface area contributed by atoms with Crippen LogP contribution in [-0.4, -0.2) is 32.0 Å². The van der Waals surface area contributed by atoms with Crippen LogP contribution in [0.15, 0.2) is 41.5 Å². The molecule has 130 valence electrons. The van der Waals surface area contributed by atoms with Crippen LogP contribution < -0.4 is 0 Å². The third-order valence-corrected chi connectivity index (χ3v) is 6.31. The maximum Gasteiger partial charge on any atom is 0.160 e. The predicted molar refractivity (Wildman–Crippen MR) is 103 cm³/mol. The molecular weight excluding hydrogens is 330 g/mol. The summed E-state index contributed by atoms with van der Waals surface area (Å²) in [6.45, 7) is 6.18. The molecule has 1 N–H and O–H groups in total. The molecule has 0 bridgehead atoms. The SMILES string of the molecule is CC[C@H]1CSC2=N[C@@H](c3ccccn3)[C@@H](c3cc(C)c(O)c(C)c3)N21. The molecule has 1 fully saturated rings. The van der Waals surface area contributed by atoms with Gasteiger partial charge in [-0.2, -0.15) is 0 Å². The number of benzene rings is 1. The molecule has 0 radical (unpaired) electrons. The molecule has 4 nitrogen and oxygen atoms in total. The van der Waals surface area contributed by atoms with Gasteiger partial charge in [0.15, 0.2) is 5.17 Å². The molecule has 2 aliphatic rings. The van der Waals surface area contributed by atoms with Crippen molar-refractivity contribution < 1.29 is 5.11 Å². The van der Waals surface area contributed by atoms with E-state index < -0.39 is 0 Å². The van der Waals surface area contributed by atoms with Crippen molar-refractivity contribution in [2.45, 2.75) is 45.3 Å². The Morgan fingerprint density at radius 2 is 2.00 bits per heavy atom. The van der Waals surface area contributed by atoms with Crippen LogP contribution in [-0.2, 0) is 0 Å². The fourth-order valence-electron chi connectivity index (χ4n) is 3.87. The second kappa shape index (κ2) is 6.37. The van der Waals surface area contributed by atoms with Crippen LogP contribution in [0.1, 0.15) is 47.8 Å². The summed E-state index contributed by atoms with van der Waals surface area (Å²) in [4.78, 5) is 12.1. The Morgan fingerprint density at radius 1 is 1.24 bits per heavy atom. The van der Waals surface area contributed by atoms with Crippen molar-refractivity contribution in [2.24, 2.45) is 4.99 Å². The lowest BCUT2D eigenvalue weighted by atomic mass is 9.92. The number of phenols is 1. The zero-order valence-electron chi connectivity index (χ0n) is 14.8. The van der Waals surface area contributed by atoms with Crippen LogP contribution in [0.2, 0.25) is 0 Å². The number of phenolic OH excluding ortho intramolecular Hbond substituents is 1. The number of hydrogen-bond acceptors (Lipinski definition) is 5. The third kappa shape index (κ3) is 2.71. The molecule has 0 unspecified atom stereocenters. The number of aromatic hydroxyl groups is 1. The summed E-state index contributed by atoms with van der Waals surface area (Å²) in [6.07, 6.45) is 2.95. The third-order valence-electron chi connectivity index (χ3n) is 5.18. The highest BCUT2D eigenvalue weighted by atomic mass is 32.2. The summed E-state index contributed by atoms with van der Waals surface area (Å²) in [7, 11) is 0. The Balaban J connectivity index is 1.83. The first kappa shape index (κ1) is 16.5. The fraction of sp³-hybridized carbons (Fsp3) is 0.400. The average Bonchev–Trinajstić information content (AvgIpc) is 3.18. The zero-order valence-corrected chi connectivity index (χ0v) is 15.6. The number of rotatable bonds is 3. The molecule has 1 saturated heterocycles. The lowest BCUT2D eigenvalue weighted by molar-refractivity contribution is 0.255. The Hall–Kier alpha value is -2.01. The lowest BCUT2D eigenvalue weighted by Gasteiger charge is -2.32. The summed E-state index contributed by atoms with van der Waals surface area (Å²) in [5.41, 5.74) is 4.06. The summed E-state index contributed by atoms with van der Waals surface area (Å²) in [5, 5.41) is 11.3. The molecule has 0 saturated carbocycles. The van der Waals surface area contributed by atoms with Gasteiger partial charge in [-0.15, -0.1) is 0 Å². The number of nitrogens with zero attached hydrogens (tertiary/aromatic N) is 3. The Morgan fingerprint density at radius 3 is 2.64 bits per heavy atom. The van der Waals surface area contributed by atoms with E-state index in [0.29, 0.717) is 11.8 Å². The van der Waals surface area contributed by atoms with Gasteiger partial charge in [0.05, 0.1) is 11.7 Å². The van der Waals surface area contributed by atoms with Crippen LogP contribution in [0, 0.1) is 13.8 Å². The van der Waals surface area contributed by atoms with Gasteiger partial charge in [-0.25, -0.2) is 0 Å². The molecule has 4 rings (SSSR count). The van der Waals surface area contributed by atoms with E-state index in [1.807, 2.05) is 43.9 Å². The summed E-state index contributed by atoms with van der Waals surface area (Å²) in [5.74, 6) is 1.48. The summed E-state index contributed by atoms with van der Waals surface area (Å²) < 4.78 is 0. The Bertz CT molecular complexity index is 798. The highest BCUT2D eigenvalue weighted by molar-refractivity contribution is 8.14. The van der Waals surface area contributed by atoms with E-state index in [4.69, 9.17) is 4.99 Å². The van der Waals surface area contributed by atoms with E-state index in [2.05, 4.69) is 35.0 Å². The topological polar surface area (TPSA) is 48.7 Å². The van der Waals surface area contributed by atoms with Crippen molar-refractivity contribution in [3.05, 3.63) is 58.9 Å². The molecule has 1 aromatic carbocycles. The molecule has 3 atom stereocenters. The van der Waals surface area contributed by atoms with E-state index >= 15 is 0 Å². The summed E-state index contributed by atoms with van der Waals surface area (Å²) >= 11 is 1.85. The monoisotopic (exact) mass is 353 g/mol. The van der Waals surface area contributed by atoms with Crippen LogP contribution >= 0.6 is 11.8 Å². The van der Waals surface area contributed by atoms with Crippen molar-refractivity contribution >= 4 is 16.9 Å². The van der Waals surface area contributed by atoms with Crippen molar-refractivity contribution in [1.82, 2.24) is 9.88 Å². The minimum atomic E-state index is 0.00129. The van der Waals surface area contributed by atoms with Gasteiger partial charge >= 0.3 is 0 Å². The molecule has 0 aliphatic carbocycles. The highest BCUT2D eigenvalue weighted by Crippen LogP contribution is 2.49. The predicted octanol–water partition coefficient (Wildman–Crippen LogP) is 4.38. The van der Waals surface area contributed by atoms with Crippen LogP contribution in [0.5, 0.6) is 5.75 Å². The zero-order chi connectivity index (χ0) is 17.6. The van der Waals surface area contributed by atoms with Crippen molar-refractivity contribution in [1.29, 1.82) is 0 Å². The number of aliphatic imine (C=N–C) groups is 1. The van der Waals surface area contributed by atoms with Crippen LogP contribution in [0.25, 0.3) is 0 Å². The standard InChI is InChI=1S/C20H23N3OS/c1-4-15-11-25-20-22-17(16-7-5-6-8-21-16)18(23(15)20)14-9-12(2)19(24)13(3)10-14/h5-10,15,17-18,24H,4,11H2,1-3H3/t15-,17-,18+/m0/s1. The number of thioether (sulfide) groups is 1. The summed E-state index contributed by atoms with van der Waals surface area (Å²) in [6, 6.07) is 10.9. The molecule has 2 aliphatic heterocycles. The maximum atomic E-state index is 10.2. The van der Waals surface area contributed by atoms with Gasteiger partial charge in [-0.05, 0) is 49.1 Å². The first-order valence-corrected chi connectivity index (χ1v) is 9.78. The first-order valence-electron chi connectivity index (χ1n) is 8.80. The van der Waals surface area contributed by atoms with E-state index in [1.54, 1.807) is 0 Å². The molecule has 1 aromatic heterocycles. The average molecular weight is 353 g/mol. The molecule has 25 heavy (non-hydrogen) atoms. The van der Waals surface area contributed by atoms with Crippen LogP contribution in [0.4, 0.5) is 0 Å². The number of hydrogen-bond donors (Lipinski definition) is 1. The number of aromatic nitrogens is 1. The molecule has 2 aromatic rings. The van der Waals surface area contributed by atoms with E-state index in [0.717, 1.165) is 34.2 Å². The highest BCUT2D eigenvalue weighted by Gasteiger charge is 2.45.